The van der Waals surface area contributed by atoms with E-state index >= 15 is 0 Å². The van der Waals surface area contributed by atoms with Gasteiger partial charge in [-0.2, -0.15) is 8.78 Å². The molecule has 0 unspecified atom stereocenters. The molecule has 0 aliphatic heterocycles. The van der Waals surface area contributed by atoms with Crippen LogP contribution in [0.2, 0.25) is 0 Å². The van der Waals surface area contributed by atoms with Crippen LogP contribution in [0.4, 0.5) is 13.2 Å². The van der Waals surface area contributed by atoms with Crippen LogP contribution < -0.4 is 0 Å². The van der Waals surface area contributed by atoms with Gasteiger partial charge in [-0.15, -0.1) is 11.6 Å². The summed E-state index contributed by atoms with van der Waals surface area (Å²) < 4.78 is 38.0. The lowest BCUT2D eigenvalue weighted by Gasteiger charge is -2.15. The topological polar surface area (TPSA) is 0 Å². The molecule has 84 valence electrons. The lowest BCUT2D eigenvalue weighted by atomic mass is 10.2. The van der Waals surface area contributed by atoms with Crippen molar-refractivity contribution >= 4 is 35.0 Å². The van der Waals surface area contributed by atoms with E-state index in [0.717, 1.165) is 5.56 Å². The molecule has 1 aromatic rings. The maximum atomic E-state index is 12.8. The van der Waals surface area contributed by atoms with Crippen LogP contribution in [0.3, 0.4) is 0 Å². The molecule has 6 heteroatoms. The Labute approximate surface area is 99.8 Å². The van der Waals surface area contributed by atoms with Gasteiger partial charge in [-0.05, 0) is 29.5 Å². The van der Waals surface area contributed by atoms with E-state index in [9.17, 15) is 13.2 Å². The van der Waals surface area contributed by atoms with Crippen LogP contribution in [0, 0.1) is 0 Å². The van der Waals surface area contributed by atoms with Crippen LogP contribution in [-0.4, -0.2) is 10.9 Å². The fourth-order valence-electron chi connectivity index (χ4n) is 0.848. The van der Waals surface area contributed by atoms with Crippen molar-refractivity contribution in [1.82, 2.24) is 0 Å². The van der Waals surface area contributed by atoms with Crippen molar-refractivity contribution in [3.8, 4) is 0 Å². The zero-order chi connectivity index (χ0) is 11.5. The van der Waals surface area contributed by atoms with Gasteiger partial charge in [0.2, 0.25) is 5.63 Å². The minimum Gasteiger partial charge on any atom is -0.222 e. The lowest BCUT2D eigenvalue weighted by molar-refractivity contribution is 0.0537. The first-order chi connectivity index (χ1) is 6.95. The third-order valence-electron chi connectivity index (χ3n) is 1.59. The van der Waals surface area contributed by atoms with E-state index in [1.807, 2.05) is 0 Å². The van der Waals surface area contributed by atoms with Crippen molar-refractivity contribution in [3.63, 3.8) is 0 Å². The van der Waals surface area contributed by atoms with E-state index < -0.39 is 10.9 Å². The summed E-state index contributed by atoms with van der Waals surface area (Å²) in [6.45, 7) is 0. The van der Waals surface area contributed by atoms with E-state index in [1.165, 1.54) is 12.1 Å². The molecule has 0 heterocycles. The maximum Gasteiger partial charge on any atom is 0.342 e. The molecule has 0 aromatic heterocycles. The van der Waals surface area contributed by atoms with E-state index in [2.05, 4.69) is 0 Å². The first-order valence-corrected chi connectivity index (χ1v) is 5.74. The summed E-state index contributed by atoms with van der Waals surface area (Å²) in [6, 6.07) is 6.12. The number of benzene rings is 1. The second-order valence-electron chi connectivity index (χ2n) is 2.74. The normalized spacial score (nSPS) is 13.9. The van der Waals surface area contributed by atoms with E-state index in [-0.39, 0.29) is 16.7 Å². The molecule has 15 heavy (non-hydrogen) atoms. The van der Waals surface area contributed by atoms with Gasteiger partial charge < -0.3 is 0 Å². The first kappa shape index (κ1) is 13.0. The van der Waals surface area contributed by atoms with Crippen LogP contribution in [0.1, 0.15) is 5.56 Å². The average molecular weight is 275 g/mol. The minimum atomic E-state index is -3.62. The highest BCUT2D eigenvalue weighted by molar-refractivity contribution is 8.00. The molecule has 0 aliphatic rings. The number of hydrogen-bond donors (Lipinski definition) is 0. The summed E-state index contributed by atoms with van der Waals surface area (Å²) in [7, 11) is 0. The van der Waals surface area contributed by atoms with Gasteiger partial charge in [0, 0.05) is 10.8 Å². The molecule has 1 rings (SSSR count). The Balaban J connectivity index is 2.73. The second-order valence-corrected chi connectivity index (χ2v) is 4.61. The summed E-state index contributed by atoms with van der Waals surface area (Å²) >= 11 is 10.3. The average Bonchev–Trinajstić information content (AvgIpc) is 2.18. The quantitative estimate of drug-likeness (QED) is 0.569. The lowest BCUT2D eigenvalue weighted by Crippen LogP contribution is -2.20. The number of alkyl halides is 5. The standard InChI is InChI=1S/C9H7Cl2F3S/c10-5-6-1-3-7(4-2-6)15-9(13,14)8(11)12/h1-4,8H,5H2/t8-/m1/s1. The highest BCUT2D eigenvalue weighted by Gasteiger charge is 2.40. The van der Waals surface area contributed by atoms with E-state index in [1.54, 1.807) is 12.1 Å². The van der Waals surface area contributed by atoms with Crippen LogP contribution >= 0.6 is 35.0 Å². The molecule has 1 aromatic carbocycles. The van der Waals surface area contributed by atoms with Crippen LogP contribution in [0.15, 0.2) is 29.2 Å². The molecule has 0 amide bonds. The fraction of sp³-hybridized carbons (Fsp3) is 0.333. The monoisotopic (exact) mass is 274 g/mol. The van der Waals surface area contributed by atoms with Crippen LogP contribution in [-0.2, 0) is 5.88 Å². The summed E-state index contributed by atoms with van der Waals surface area (Å²) in [6.07, 6.45) is 0. The maximum absolute atomic E-state index is 12.8. The minimum absolute atomic E-state index is 0.0898. The van der Waals surface area contributed by atoms with Gasteiger partial charge in [0.1, 0.15) is 0 Å². The molecule has 0 fully saturated rings. The summed E-state index contributed by atoms with van der Waals surface area (Å²) in [5.41, 5.74) is -1.89. The molecule has 0 saturated carbocycles. The van der Waals surface area contributed by atoms with Crippen molar-refractivity contribution in [3.05, 3.63) is 29.8 Å². The molecule has 0 aliphatic carbocycles. The Morgan fingerprint density at radius 1 is 1.27 bits per heavy atom. The van der Waals surface area contributed by atoms with Crippen molar-refractivity contribution < 1.29 is 13.2 Å². The summed E-state index contributed by atoms with van der Waals surface area (Å²) in [5.74, 6) is 0.308. The predicted molar refractivity (Wildman–Crippen MR) is 57.6 cm³/mol. The third-order valence-corrected chi connectivity index (χ3v) is 3.28. The molecule has 0 N–H and O–H groups in total. The zero-order valence-corrected chi connectivity index (χ0v) is 9.72. The molecule has 0 saturated heterocycles. The van der Waals surface area contributed by atoms with Crippen molar-refractivity contribution in [2.45, 2.75) is 21.7 Å². The molecule has 0 spiro atoms. The van der Waals surface area contributed by atoms with Gasteiger partial charge in [0.05, 0.1) is 0 Å². The van der Waals surface area contributed by atoms with E-state index in [4.69, 9.17) is 23.2 Å². The SMILES string of the molecule is F[C@@H](Cl)C(F)(F)Sc1ccc(CCl)cc1. The first-order valence-electron chi connectivity index (χ1n) is 3.95. The van der Waals surface area contributed by atoms with Crippen LogP contribution in [0.5, 0.6) is 0 Å². The van der Waals surface area contributed by atoms with Gasteiger partial charge in [0.25, 0.3) is 0 Å². The van der Waals surface area contributed by atoms with Gasteiger partial charge in [-0.25, -0.2) is 4.39 Å². The van der Waals surface area contributed by atoms with Crippen LogP contribution in [0.25, 0.3) is 0 Å². The fourth-order valence-corrected chi connectivity index (χ4v) is 1.84. The Morgan fingerprint density at radius 2 is 1.80 bits per heavy atom. The van der Waals surface area contributed by atoms with Crippen molar-refractivity contribution in [2.24, 2.45) is 0 Å². The molecule has 1 atom stereocenters. The predicted octanol–water partition coefficient (Wildman–Crippen LogP) is 4.64. The molecular weight excluding hydrogens is 268 g/mol. The largest absolute Gasteiger partial charge is 0.342 e. The van der Waals surface area contributed by atoms with Gasteiger partial charge in [-0.3, -0.25) is 0 Å². The summed E-state index contributed by atoms with van der Waals surface area (Å²) in [5, 5.41) is -3.62. The Hall–Kier alpha value is -0.0600. The molecule has 0 nitrogen and oxygen atoms in total. The molecule has 0 radical (unpaired) electrons. The second kappa shape index (κ2) is 5.32. The number of halogens is 5. The highest BCUT2D eigenvalue weighted by Crippen LogP contribution is 2.41. The van der Waals surface area contributed by atoms with E-state index in [0.29, 0.717) is 5.88 Å². The van der Waals surface area contributed by atoms with Crippen molar-refractivity contribution in [2.75, 3.05) is 0 Å². The van der Waals surface area contributed by atoms with Gasteiger partial charge in [-0.1, -0.05) is 23.7 Å². The Bertz CT molecular complexity index is 314. The molecular formula is C9H7Cl2F3S. The smallest absolute Gasteiger partial charge is 0.222 e. The van der Waals surface area contributed by atoms with Gasteiger partial charge in [0.15, 0.2) is 0 Å². The third kappa shape index (κ3) is 3.78. The zero-order valence-electron chi connectivity index (χ0n) is 7.39. The number of hydrogen-bond acceptors (Lipinski definition) is 1. The summed E-state index contributed by atoms with van der Waals surface area (Å²) in [4.78, 5) is 0.247. The Kier molecular flexibility index (Phi) is 4.62. The molecule has 0 bridgehead atoms. The number of rotatable bonds is 4. The highest BCUT2D eigenvalue weighted by atomic mass is 35.5. The number of thioether (sulfide) groups is 1. The Morgan fingerprint density at radius 3 is 2.20 bits per heavy atom. The van der Waals surface area contributed by atoms with Crippen molar-refractivity contribution in [1.29, 1.82) is 0 Å². The van der Waals surface area contributed by atoms with Gasteiger partial charge >= 0.3 is 5.25 Å².